The molecule has 0 radical (unpaired) electrons. The molecule has 2 fully saturated rings. The summed E-state index contributed by atoms with van der Waals surface area (Å²) in [6, 6.07) is 0. The number of carbonyl (C=O) groups is 1. The highest BCUT2D eigenvalue weighted by Gasteiger charge is 2.49. The molecule has 4 heteroatoms. The van der Waals surface area contributed by atoms with Crippen LogP contribution in [0.1, 0.15) is 25.7 Å². The van der Waals surface area contributed by atoms with Crippen LogP contribution in [0, 0.1) is 11.3 Å². The molecule has 0 aromatic heterocycles. The first-order chi connectivity index (χ1) is 8.07. The molecule has 0 bridgehead atoms. The molecule has 1 aliphatic heterocycles. The summed E-state index contributed by atoms with van der Waals surface area (Å²) in [5.74, 6) is 1.04. The van der Waals surface area contributed by atoms with Crippen molar-refractivity contribution in [3.8, 4) is 0 Å². The van der Waals surface area contributed by atoms with E-state index in [1.54, 1.807) is 0 Å². The minimum absolute atomic E-state index is 0.179. The zero-order valence-corrected chi connectivity index (χ0v) is 11.1. The average molecular weight is 239 g/mol. The van der Waals surface area contributed by atoms with Gasteiger partial charge in [-0.05, 0) is 45.2 Å². The van der Waals surface area contributed by atoms with Gasteiger partial charge in [-0.1, -0.05) is 0 Å². The van der Waals surface area contributed by atoms with Crippen LogP contribution in [0.3, 0.4) is 0 Å². The van der Waals surface area contributed by atoms with Crippen LogP contribution in [0.4, 0.5) is 0 Å². The third-order valence-corrected chi connectivity index (χ3v) is 4.41. The third-order valence-electron chi connectivity index (χ3n) is 4.41. The lowest BCUT2D eigenvalue weighted by atomic mass is 10.0. The molecule has 1 amide bonds. The van der Waals surface area contributed by atoms with Gasteiger partial charge < -0.3 is 15.5 Å². The Balaban J connectivity index is 1.74. The van der Waals surface area contributed by atoms with E-state index >= 15 is 0 Å². The minimum Gasteiger partial charge on any atom is -0.345 e. The summed E-state index contributed by atoms with van der Waals surface area (Å²) in [6.07, 6.45) is 4.38. The van der Waals surface area contributed by atoms with E-state index in [4.69, 9.17) is 5.73 Å². The highest BCUT2D eigenvalue weighted by molar-refractivity contribution is 5.85. The first-order valence-corrected chi connectivity index (χ1v) is 6.71. The van der Waals surface area contributed by atoms with Crippen LogP contribution in [0.2, 0.25) is 0 Å². The van der Waals surface area contributed by atoms with E-state index in [0.29, 0.717) is 6.54 Å². The van der Waals surface area contributed by atoms with Crippen LogP contribution in [-0.2, 0) is 4.79 Å². The van der Waals surface area contributed by atoms with Gasteiger partial charge >= 0.3 is 0 Å². The highest BCUT2D eigenvalue weighted by atomic mass is 16.2. The fourth-order valence-corrected chi connectivity index (χ4v) is 2.80. The number of rotatable bonds is 5. The van der Waals surface area contributed by atoms with Crippen LogP contribution >= 0.6 is 0 Å². The predicted octanol–water partition coefficient (Wildman–Crippen LogP) is 0.526. The smallest absolute Gasteiger partial charge is 0.229 e. The van der Waals surface area contributed by atoms with Crippen molar-refractivity contribution >= 4 is 5.91 Å². The Hall–Kier alpha value is -0.610. The molecule has 1 heterocycles. The summed E-state index contributed by atoms with van der Waals surface area (Å²) in [7, 11) is 4.10. The molecule has 1 unspecified atom stereocenters. The molecule has 1 aliphatic carbocycles. The number of hydrogen-bond acceptors (Lipinski definition) is 3. The first-order valence-electron chi connectivity index (χ1n) is 6.71. The van der Waals surface area contributed by atoms with Gasteiger partial charge in [-0.2, -0.15) is 0 Å². The summed E-state index contributed by atoms with van der Waals surface area (Å²) in [6.45, 7) is 3.79. The highest BCUT2D eigenvalue weighted by Crippen LogP contribution is 2.45. The predicted molar refractivity (Wildman–Crippen MR) is 68.6 cm³/mol. The fraction of sp³-hybridized carbons (Fsp3) is 0.923. The molecular weight excluding hydrogens is 214 g/mol. The largest absolute Gasteiger partial charge is 0.345 e. The molecule has 0 spiro atoms. The van der Waals surface area contributed by atoms with Crippen LogP contribution in [0.15, 0.2) is 0 Å². The maximum Gasteiger partial charge on any atom is 0.229 e. The molecule has 1 atom stereocenters. The Morgan fingerprint density at radius 1 is 1.53 bits per heavy atom. The molecule has 2 aliphatic rings. The minimum atomic E-state index is -0.179. The summed E-state index contributed by atoms with van der Waals surface area (Å²) in [5.41, 5.74) is 5.51. The van der Waals surface area contributed by atoms with Crippen LogP contribution in [0.5, 0.6) is 0 Å². The molecular formula is C13H25N3O. The van der Waals surface area contributed by atoms with E-state index in [1.807, 2.05) is 11.9 Å². The Morgan fingerprint density at radius 3 is 2.71 bits per heavy atom. The van der Waals surface area contributed by atoms with Gasteiger partial charge in [0.05, 0.1) is 5.41 Å². The number of amides is 1. The lowest BCUT2D eigenvalue weighted by Gasteiger charge is -2.23. The maximum absolute atomic E-state index is 12.2. The number of carbonyl (C=O) groups excluding carboxylic acids is 1. The van der Waals surface area contributed by atoms with E-state index < -0.39 is 0 Å². The van der Waals surface area contributed by atoms with Crippen molar-refractivity contribution in [3.63, 3.8) is 0 Å². The molecule has 2 rings (SSSR count). The van der Waals surface area contributed by atoms with Gasteiger partial charge in [0.25, 0.3) is 0 Å². The molecule has 4 nitrogen and oxygen atoms in total. The van der Waals surface area contributed by atoms with E-state index in [2.05, 4.69) is 11.9 Å². The lowest BCUT2D eigenvalue weighted by molar-refractivity contribution is -0.135. The zero-order chi connectivity index (χ0) is 12.5. The second-order valence-corrected chi connectivity index (χ2v) is 5.92. The second-order valence-electron chi connectivity index (χ2n) is 5.92. The SMILES string of the molecule is CN1CCC(CCN(C)C(=O)C2(CN)CC2)C1. The van der Waals surface area contributed by atoms with Gasteiger partial charge in [-0.25, -0.2) is 0 Å². The van der Waals surface area contributed by atoms with Crippen LogP contribution < -0.4 is 5.73 Å². The fourth-order valence-electron chi connectivity index (χ4n) is 2.80. The molecule has 17 heavy (non-hydrogen) atoms. The average Bonchev–Trinajstić information content (AvgIpc) is 3.03. The van der Waals surface area contributed by atoms with Gasteiger partial charge in [-0.3, -0.25) is 4.79 Å². The van der Waals surface area contributed by atoms with Crippen molar-refractivity contribution in [3.05, 3.63) is 0 Å². The first kappa shape index (κ1) is 12.8. The summed E-state index contributed by atoms with van der Waals surface area (Å²) in [5, 5.41) is 0. The van der Waals surface area contributed by atoms with E-state index in [1.165, 1.54) is 19.5 Å². The number of nitrogens with two attached hydrogens (primary N) is 1. The van der Waals surface area contributed by atoms with Crippen molar-refractivity contribution in [2.75, 3.05) is 40.3 Å². The molecule has 1 saturated heterocycles. The molecule has 0 aromatic carbocycles. The van der Waals surface area contributed by atoms with Crippen molar-refractivity contribution in [1.29, 1.82) is 0 Å². The van der Waals surface area contributed by atoms with Crippen molar-refractivity contribution in [2.24, 2.45) is 17.1 Å². The van der Waals surface area contributed by atoms with Gasteiger partial charge in [-0.15, -0.1) is 0 Å². The van der Waals surface area contributed by atoms with Crippen molar-refractivity contribution < 1.29 is 4.79 Å². The van der Waals surface area contributed by atoms with Gasteiger partial charge in [0, 0.05) is 26.7 Å². The van der Waals surface area contributed by atoms with Gasteiger partial charge in [0.2, 0.25) is 5.91 Å². The summed E-state index contributed by atoms with van der Waals surface area (Å²) in [4.78, 5) is 16.4. The number of nitrogens with zero attached hydrogens (tertiary/aromatic N) is 2. The molecule has 2 N–H and O–H groups in total. The number of likely N-dealkylation sites (tertiary alicyclic amines) is 1. The second kappa shape index (κ2) is 4.94. The topological polar surface area (TPSA) is 49.6 Å². The van der Waals surface area contributed by atoms with E-state index in [0.717, 1.165) is 31.7 Å². The van der Waals surface area contributed by atoms with E-state index in [-0.39, 0.29) is 11.3 Å². The lowest BCUT2D eigenvalue weighted by Crippen LogP contribution is -2.39. The Kier molecular flexibility index (Phi) is 3.73. The Morgan fingerprint density at radius 2 is 2.24 bits per heavy atom. The molecule has 1 saturated carbocycles. The quantitative estimate of drug-likeness (QED) is 0.761. The van der Waals surface area contributed by atoms with E-state index in [9.17, 15) is 4.79 Å². The Labute approximate surface area is 104 Å². The standard InChI is InChI=1S/C13H25N3O/c1-15-7-3-11(9-15)4-8-16(2)12(17)13(10-14)5-6-13/h11H,3-10,14H2,1-2H3. The van der Waals surface area contributed by atoms with Crippen LogP contribution in [-0.4, -0.2) is 56.0 Å². The van der Waals surface area contributed by atoms with Crippen molar-refractivity contribution in [1.82, 2.24) is 9.80 Å². The maximum atomic E-state index is 12.2. The van der Waals surface area contributed by atoms with Crippen LogP contribution in [0.25, 0.3) is 0 Å². The molecule has 0 aromatic rings. The normalized spacial score (nSPS) is 27.1. The zero-order valence-electron chi connectivity index (χ0n) is 11.1. The van der Waals surface area contributed by atoms with Gasteiger partial charge in [0.1, 0.15) is 0 Å². The summed E-state index contributed by atoms with van der Waals surface area (Å²) >= 11 is 0. The monoisotopic (exact) mass is 239 g/mol. The van der Waals surface area contributed by atoms with Crippen molar-refractivity contribution in [2.45, 2.75) is 25.7 Å². The van der Waals surface area contributed by atoms with Gasteiger partial charge in [0.15, 0.2) is 0 Å². The molecule has 98 valence electrons. The third kappa shape index (κ3) is 2.80. The Bertz CT molecular complexity index is 288. The number of hydrogen-bond donors (Lipinski definition) is 1. The summed E-state index contributed by atoms with van der Waals surface area (Å²) < 4.78 is 0.